The number of rotatable bonds is 7. The van der Waals surface area contributed by atoms with Crippen molar-refractivity contribution in [2.45, 2.75) is 45.7 Å². The van der Waals surface area contributed by atoms with E-state index in [4.69, 9.17) is 4.42 Å². The second kappa shape index (κ2) is 11.7. The molecule has 0 radical (unpaired) electrons. The molecule has 0 aliphatic rings. The van der Waals surface area contributed by atoms with Crippen LogP contribution in [0.1, 0.15) is 44.4 Å². The van der Waals surface area contributed by atoms with Crippen molar-refractivity contribution in [3.05, 3.63) is 53.7 Å². The van der Waals surface area contributed by atoms with Crippen molar-refractivity contribution in [2.75, 3.05) is 13.6 Å². The summed E-state index contributed by atoms with van der Waals surface area (Å²) < 4.78 is 5.74. The van der Waals surface area contributed by atoms with E-state index in [1.54, 1.807) is 13.2 Å². The minimum absolute atomic E-state index is 0. The van der Waals surface area contributed by atoms with Gasteiger partial charge in [-0.05, 0) is 5.56 Å². The number of nitrogens with one attached hydrogen (secondary N) is 3. The number of aromatic nitrogens is 1. The van der Waals surface area contributed by atoms with Gasteiger partial charge >= 0.3 is 0 Å². The molecule has 7 nitrogen and oxygen atoms in total. The number of nitrogens with zero attached hydrogens (tertiary/aromatic N) is 2. The maximum atomic E-state index is 11.9. The molecule has 1 aromatic heterocycles. The minimum Gasteiger partial charge on any atom is -0.443 e. The molecule has 0 aliphatic heterocycles. The van der Waals surface area contributed by atoms with Crippen LogP contribution in [0, 0.1) is 0 Å². The Bertz CT molecular complexity index is 753. The smallest absolute Gasteiger partial charge is 0.222 e. The topological polar surface area (TPSA) is 91.5 Å². The van der Waals surface area contributed by atoms with Gasteiger partial charge in [0.15, 0.2) is 5.96 Å². The van der Waals surface area contributed by atoms with Gasteiger partial charge in [-0.25, -0.2) is 4.98 Å². The van der Waals surface area contributed by atoms with Gasteiger partial charge in [-0.15, -0.1) is 24.0 Å². The summed E-state index contributed by atoms with van der Waals surface area (Å²) in [7, 11) is 1.68. The summed E-state index contributed by atoms with van der Waals surface area (Å²) in [6, 6.07) is 9.83. The highest BCUT2D eigenvalue weighted by molar-refractivity contribution is 14.0. The van der Waals surface area contributed by atoms with Gasteiger partial charge < -0.3 is 20.4 Å². The van der Waals surface area contributed by atoms with Gasteiger partial charge in [-0.1, -0.05) is 51.1 Å². The third-order valence-corrected chi connectivity index (χ3v) is 3.90. The van der Waals surface area contributed by atoms with Crippen LogP contribution in [0.5, 0.6) is 0 Å². The molecule has 8 heteroatoms. The van der Waals surface area contributed by atoms with E-state index < -0.39 is 0 Å². The summed E-state index contributed by atoms with van der Waals surface area (Å²) in [5.74, 6) is 2.03. The van der Waals surface area contributed by atoms with Crippen molar-refractivity contribution < 1.29 is 9.21 Å². The second-order valence-corrected chi connectivity index (χ2v) is 7.23. The Morgan fingerprint density at radius 3 is 2.43 bits per heavy atom. The Morgan fingerprint density at radius 1 is 1.11 bits per heavy atom. The number of carbonyl (C=O) groups excluding carboxylic acids is 1. The summed E-state index contributed by atoms with van der Waals surface area (Å²) in [5, 5.41) is 9.15. The Balaban J connectivity index is 0.00000392. The van der Waals surface area contributed by atoms with Crippen molar-refractivity contribution in [2.24, 2.45) is 4.99 Å². The average molecular weight is 499 g/mol. The third kappa shape index (κ3) is 8.28. The van der Waals surface area contributed by atoms with Crippen LogP contribution in [0.2, 0.25) is 0 Å². The highest BCUT2D eigenvalue weighted by Crippen LogP contribution is 2.22. The van der Waals surface area contributed by atoms with E-state index in [-0.39, 0.29) is 35.3 Å². The summed E-state index contributed by atoms with van der Waals surface area (Å²) in [6.45, 7) is 7.68. The zero-order valence-electron chi connectivity index (χ0n) is 16.9. The van der Waals surface area contributed by atoms with Crippen molar-refractivity contribution in [1.29, 1.82) is 0 Å². The maximum absolute atomic E-state index is 11.9. The van der Waals surface area contributed by atoms with Crippen LogP contribution in [-0.2, 0) is 23.3 Å². The number of amides is 1. The number of guanidine groups is 1. The van der Waals surface area contributed by atoms with Gasteiger partial charge in [-0.3, -0.25) is 9.79 Å². The Labute approximate surface area is 183 Å². The lowest BCUT2D eigenvalue weighted by molar-refractivity contribution is -0.121. The number of benzene rings is 1. The number of aliphatic imine (C=N–C) groups is 1. The quantitative estimate of drug-likeness (QED) is 0.310. The number of hydrogen-bond acceptors (Lipinski definition) is 4. The monoisotopic (exact) mass is 499 g/mol. The normalized spacial score (nSPS) is 11.5. The van der Waals surface area contributed by atoms with Crippen LogP contribution in [-0.4, -0.2) is 30.4 Å². The maximum Gasteiger partial charge on any atom is 0.222 e. The van der Waals surface area contributed by atoms with Gasteiger partial charge in [0.1, 0.15) is 5.76 Å². The third-order valence-electron chi connectivity index (χ3n) is 3.90. The highest BCUT2D eigenvalue weighted by Gasteiger charge is 2.19. The highest BCUT2D eigenvalue weighted by atomic mass is 127. The first-order chi connectivity index (χ1) is 12.9. The van der Waals surface area contributed by atoms with E-state index in [1.165, 1.54) is 0 Å². The molecule has 0 spiro atoms. The molecule has 0 atom stereocenters. The number of halogens is 1. The number of oxazole rings is 1. The first kappa shape index (κ1) is 23.9. The Hall–Kier alpha value is -2.10. The largest absolute Gasteiger partial charge is 0.443 e. The van der Waals surface area contributed by atoms with Crippen LogP contribution >= 0.6 is 24.0 Å². The minimum atomic E-state index is -0.0711. The molecular formula is C20H30IN5O2. The fourth-order valence-corrected chi connectivity index (χ4v) is 2.30. The summed E-state index contributed by atoms with van der Waals surface area (Å²) in [6.07, 6.45) is 2.12. The lowest BCUT2D eigenvalue weighted by atomic mass is 9.94. The van der Waals surface area contributed by atoms with Gasteiger partial charge in [0.05, 0.1) is 12.7 Å². The molecule has 3 N–H and O–H groups in total. The zero-order chi connectivity index (χ0) is 19.7. The first-order valence-electron chi connectivity index (χ1n) is 9.09. The second-order valence-electron chi connectivity index (χ2n) is 7.23. The van der Waals surface area contributed by atoms with E-state index in [0.29, 0.717) is 37.9 Å². The first-order valence-corrected chi connectivity index (χ1v) is 9.09. The Morgan fingerprint density at radius 2 is 1.82 bits per heavy atom. The number of hydrogen-bond donors (Lipinski definition) is 3. The van der Waals surface area contributed by atoms with Crippen molar-refractivity contribution in [3.8, 4) is 0 Å². The molecule has 1 aromatic carbocycles. The van der Waals surface area contributed by atoms with E-state index >= 15 is 0 Å². The van der Waals surface area contributed by atoms with Gasteiger partial charge in [0.25, 0.3) is 0 Å². The van der Waals surface area contributed by atoms with E-state index in [2.05, 4.69) is 46.7 Å². The molecule has 0 saturated carbocycles. The predicted octanol–water partition coefficient (Wildman–Crippen LogP) is 2.96. The van der Waals surface area contributed by atoms with Crippen LogP contribution in [0.3, 0.4) is 0 Å². The zero-order valence-corrected chi connectivity index (χ0v) is 19.2. The summed E-state index contributed by atoms with van der Waals surface area (Å²) >= 11 is 0. The van der Waals surface area contributed by atoms with E-state index in [0.717, 1.165) is 11.3 Å². The van der Waals surface area contributed by atoms with Crippen LogP contribution in [0.25, 0.3) is 0 Å². The Kier molecular flexibility index (Phi) is 9.98. The SMILES string of the molecule is CN=C(NCCC(=O)NCc1ccccc1)NCc1ncc(C(C)(C)C)o1.I. The van der Waals surface area contributed by atoms with Crippen molar-refractivity contribution in [1.82, 2.24) is 20.9 Å². The lowest BCUT2D eigenvalue weighted by Crippen LogP contribution is -2.39. The van der Waals surface area contributed by atoms with Crippen LogP contribution in [0.15, 0.2) is 45.9 Å². The van der Waals surface area contributed by atoms with Gasteiger partial charge in [0, 0.05) is 32.0 Å². The molecule has 0 bridgehead atoms. The van der Waals surface area contributed by atoms with E-state index in [1.807, 2.05) is 30.3 Å². The molecule has 1 amide bonds. The van der Waals surface area contributed by atoms with E-state index in [9.17, 15) is 4.79 Å². The summed E-state index contributed by atoms with van der Waals surface area (Å²) in [5.41, 5.74) is 1.01. The molecule has 0 aliphatic carbocycles. The molecule has 2 rings (SSSR count). The average Bonchev–Trinajstić information content (AvgIpc) is 3.13. The van der Waals surface area contributed by atoms with Crippen molar-refractivity contribution in [3.63, 3.8) is 0 Å². The molecule has 2 aromatic rings. The molecule has 0 saturated heterocycles. The lowest BCUT2D eigenvalue weighted by Gasteiger charge is -2.13. The van der Waals surface area contributed by atoms with Crippen LogP contribution < -0.4 is 16.0 Å². The molecule has 1 heterocycles. The number of carbonyl (C=O) groups is 1. The summed E-state index contributed by atoms with van der Waals surface area (Å²) in [4.78, 5) is 20.3. The standard InChI is InChI=1S/C20H29N5O2.HI/c1-20(2,3)16-13-24-18(27-16)14-25-19(21-4)22-11-10-17(26)23-12-15-8-6-5-7-9-15;/h5-9,13H,10-12,14H2,1-4H3,(H,23,26)(H2,21,22,25);1H. The van der Waals surface area contributed by atoms with Gasteiger partial charge in [-0.2, -0.15) is 0 Å². The van der Waals surface area contributed by atoms with Gasteiger partial charge in [0.2, 0.25) is 11.8 Å². The fourth-order valence-electron chi connectivity index (χ4n) is 2.30. The fraction of sp³-hybridized carbons (Fsp3) is 0.450. The molecule has 154 valence electrons. The van der Waals surface area contributed by atoms with Crippen LogP contribution in [0.4, 0.5) is 0 Å². The molecule has 0 fully saturated rings. The predicted molar refractivity (Wildman–Crippen MR) is 122 cm³/mol. The molecule has 28 heavy (non-hydrogen) atoms. The molecular weight excluding hydrogens is 469 g/mol. The molecule has 0 unspecified atom stereocenters. The van der Waals surface area contributed by atoms with Crippen molar-refractivity contribution >= 4 is 35.8 Å².